The molecule has 4 heterocycles. The molecule has 0 atom stereocenters. The fourth-order valence-corrected chi connectivity index (χ4v) is 2.80. The van der Waals surface area contributed by atoms with E-state index in [0.717, 1.165) is 26.2 Å². The van der Waals surface area contributed by atoms with Gasteiger partial charge in [-0.05, 0) is 19.2 Å². The van der Waals surface area contributed by atoms with E-state index in [1.54, 1.807) is 10.8 Å². The topological polar surface area (TPSA) is 109 Å². The van der Waals surface area contributed by atoms with Crippen LogP contribution >= 0.6 is 0 Å². The van der Waals surface area contributed by atoms with E-state index < -0.39 is 4.92 Å². The van der Waals surface area contributed by atoms with Crippen molar-refractivity contribution in [1.82, 2.24) is 29.7 Å². The van der Waals surface area contributed by atoms with Gasteiger partial charge in [0.2, 0.25) is 11.5 Å². The normalized spacial score (nSPS) is 15.5. The van der Waals surface area contributed by atoms with Gasteiger partial charge in [-0.15, -0.1) is 14.9 Å². The first-order valence-corrected chi connectivity index (χ1v) is 8.04. The summed E-state index contributed by atoms with van der Waals surface area (Å²) >= 11 is 0. The van der Waals surface area contributed by atoms with Crippen LogP contribution in [0.1, 0.15) is 0 Å². The van der Waals surface area contributed by atoms with Crippen molar-refractivity contribution in [1.29, 1.82) is 0 Å². The molecule has 1 fully saturated rings. The Labute approximate surface area is 147 Å². The van der Waals surface area contributed by atoms with Crippen molar-refractivity contribution in [3.8, 4) is 11.6 Å². The van der Waals surface area contributed by atoms with E-state index in [0.29, 0.717) is 17.3 Å². The predicted octanol–water partition coefficient (Wildman–Crippen LogP) is 0.799. The van der Waals surface area contributed by atoms with Gasteiger partial charge < -0.3 is 9.32 Å². The van der Waals surface area contributed by atoms with Gasteiger partial charge in [0.05, 0.1) is 31.0 Å². The highest BCUT2D eigenvalue weighted by molar-refractivity contribution is 5.54. The zero-order valence-corrected chi connectivity index (χ0v) is 14.1. The maximum atomic E-state index is 10.8. The molecule has 1 saturated heterocycles. The SMILES string of the molecule is C=[N+](c1ccc2nnc(-c3ccc([N+](=O)[O-])o3)n2n1)N1CCN(C)CC1. The molecule has 1 aliphatic rings. The van der Waals surface area contributed by atoms with E-state index in [2.05, 4.69) is 39.0 Å². The van der Waals surface area contributed by atoms with Gasteiger partial charge in [0.25, 0.3) is 0 Å². The molecule has 0 bridgehead atoms. The Morgan fingerprint density at radius 3 is 2.62 bits per heavy atom. The molecule has 4 rings (SSSR count). The summed E-state index contributed by atoms with van der Waals surface area (Å²) in [6, 6.07) is 6.33. The largest absolute Gasteiger partial charge is 0.433 e. The molecule has 0 aromatic carbocycles. The van der Waals surface area contributed by atoms with Gasteiger partial charge in [0.15, 0.2) is 5.76 Å². The minimum atomic E-state index is -0.601. The van der Waals surface area contributed by atoms with E-state index in [1.807, 2.05) is 6.07 Å². The lowest BCUT2D eigenvalue weighted by atomic mass is 10.4. The Hall–Kier alpha value is -3.34. The van der Waals surface area contributed by atoms with Crippen LogP contribution in [0.25, 0.3) is 17.2 Å². The number of hydrogen-bond acceptors (Lipinski definition) is 8. The van der Waals surface area contributed by atoms with Gasteiger partial charge in [0.1, 0.15) is 4.92 Å². The number of piperazine rings is 1. The monoisotopic (exact) mass is 357 g/mol. The number of nitrogens with zero attached hydrogens (tertiary/aromatic N) is 8. The number of hydrogen-bond donors (Lipinski definition) is 0. The zero-order chi connectivity index (χ0) is 18.3. The minimum absolute atomic E-state index is 0.226. The summed E-state index contributed by atoms with van der Waals surface area (Å²) in [6.07, 6.45) is 0. The minimum Gasteiger partial charge on any atom is -0.397 e. The Balaban J connectivity index is 1.68. The van der Waals surface area contributed by atoms with Crippen LogP contribution < -0.4 is 0 Å². The van der Waals surface area contributed by atoms with Crippen LogP contribution in [0, 0.1) is 10.1 Å². The van der Waals surface area contributed by atoms with Crippen LogP contribution in [-0.2, 0) is 0 Å². The maximum absolute atomic E-state index is 10.8. The summed E-state index contributed by atoms with van der Waals surface area (Å²) in [5.41, 5.74) is 0.509. The number of hydrazone groups is 1. The summed E-state index contributed by atoms with van der Waals surface area (Å²) in [4.78, 5) is 12.5. The molecule has 3 aromatic heterocycles. The molecule has 26 heavy (non-hydrogen) atoms. The summed E-state index contributed by atoms with van der Waals surface area (Å²) in [5, 5.41) is 25.5. The standard InChI is InChI=1S/C15H17N8O3/c1-19-7-9-21(10-8-19)20(2)13-5-4-12-16-17-15(22(12)18-13)11-3-6-14(26-11)23(24)25/h3-6H,2,7-10H2,1H3/q+1. The van der Waals surface area contributed by atoms with Crippen molar-refractivity contribution in [3.05, 3.63) is 34.4 Å². The highest BCUT2D eigenvalue weighted by Gasteiger charge is 2.25. The molecule has 11 nitrogen and oxygen atoms in total. The van der Waals surface area contributed by atoms with Crippen molar-refractivity contribution < 1.29 is 14.0 Å². The lowest BCUT2D eigenvalue weighted by molar-refractivity contribution is -0.622. The summed E-state index contributed by atoms with van der Waals surface area (Å²) in [5.74, 6) is 0.777. The number of nitro groups is 1. The quantitative estimate of drug-likeness (QED) is 0.292. The Morgan fingerprint density at radius 1 is 1.15 bits per heavy atom. The number of hydrazine groups is 1. The predicted molar refractivity (Wildman–Crippen MR) is 91.2 cm³/mol. The highest BCUT2D eigenvalue weighted by atomic mass is 16.6. The Morgan fingerprint density at radius 2 is 1.92 bits per heavy atom. The lowest BCUT2D eigenvalue weighted by Crippen LogP contribution is -2.47. The van der Waals surface area contributed by atoms with Crippen molar-refractivity contribution in [2.75, 3.05) is 33.2 Å². The summed E-state index contributed by atoms with van der Waals surface area (Å²) in [7, 11) is 2.08. The number of furan rings is 1. The third-order valence-corrected chi connectivity index (χ3v) is 4.33. The van der Waals surface area contributed by atoms with E-state index in [9.17, 15) is 10.1 Å². The van der Waals surface area contributed by atoms with Gasteiger partial charge in [-0.25, -0.2) is 5.01 Å². The summed E-state index contributed by atoms with van der Waals surface area (Å²) < 4.78 is 8.46. The molecule has 0 amide bonds. The second-order valence-corrected chi connectivity index (χ2v) is 6.04. The van der Waals surface area contributed by atoms with Crippen LogP contribution in [0.2, 0.25) is 0 Å². The van der Waals surface area contributed by atoms with E-state index in [1.165, 1.54) is 16.6 Å². The number of likely N-dealkylation sites (N-methyl/N-ethyl adjacent to an activating group) is 1. The van der Waals surface area contributed by atoms with Gasteiger partial charge in [0, 0.05) is 19.2 Å². The van der Waals surface area contributed by atoms with Gasteiger partial charge >= 0.3 is 11.7 Å². The van der Waals surface area contributed by atoms with Crippen LogP contribution in [0.4, 0.5) is 11.7 Å². The third kappa shape index (κ3) is 2.77. The smallest absolute Gasteiger partial charge is 0.397 e. The van der Waals surface area contributed by atoms with E-state index >= 15 is 0 Å². The number of rotatable bonds is 4. The van der Waals surface area contributed by atoms with Crippen molar-refractivity contribution in [3.63, 3.8) is 0 Å². The molecule has 11 heteroatoms. The number of fused-ring (bicyclic) bond motifs is 1. The zero-order valence-electron chi connectivity index (χ0n) is 14.1. The first-order chi connectivity index (χ1) is 12.5. The first kappa shape index (κ1) is 16.1. The van der Waals surface area contributed by atoms with Crippen molar-refractivity contribution in [2.24, 2.45) is 0 Å². The molecule has 0 unspecified atom stereocenters. The molecule has 1 aliphatic heterocycles. The molecule has 134 valence electrons. The van der Waals surface area contributed by atoms with Crippen LogP contribution in [0.3, 0.4) is 0 Å². The van der Waals surface area contributed by atoms with Crippen LogP contribution in [-0.4, -0.2) is 79.3 Å². The second-order valence-electron chi connectivity index (χ2n) is 6.04. The van der Waals surface area contributed by atoms with Gasteiger partial charge in [-0.1, -0.05) is 4.52 Å². The molecule has 0 spiro atoms. The molecule has 0 radical (unpaired) electrons. The summed E-state index contributed by atoms with van der Waals surface area (Å²) in [6.45, 7) is 7.68. The highest BCUT2D eigenvalue weighted by Crippen LogP contribution is 2.25. The second kappa shape index (κ2) is 6.19. The third-order valence-electron chi connectivity index (χ3n) is 4.33. The maximum Gasteiger partial charge on any atom is 0.433 e. The first-order valence-electron chi connectivity index (χ1n) is 8.04. The molecule has 0 N–H and O–H groups in total. The molecular formula is C15H17N8O3+. The fraction of sp³-hybridized carbons (Fsp3) is 0.333. The molecular weight excluding hydrogens is 340 g/mol. The van der Waals surface area contributed by atoms with Crippen molar-refractivity contribution in [2.45, 2.75) is 0 Å². The lowest BCUT2D eigenvalue weighted by Gasteiger charge is -2.31. The van der Waals surface area contributed by atoms with Gasteiger partial charge in [-0.2, -0.15) is 0 Å². The average Bonchev–Trinajstić information content (AvgIpc) is 3.28. The van der Waals surface area contributed by atoms with E-state index in [4.69, 9.17) is 4.42 Å². The van der Waals surface area contributed by atoms with E-state index in [-0.39, 0.29) is 11.6 Å². The van der Waals surface area contributed by atoms with Gasteiger partial charge in [-0.3, -0.25) is 10.1 Å². The van der Waals surface area contributed by atoms with Crippen molar-refractivity contribution >= 4 is 24.1 Å². The fourth-order valence-electron chi connectivity index (χ4n) is 2.80. The van der Waals surface area contributed by atoms with Crippen LogP contribution in [0.15, 0.2) is 28.7 Å². The Bertz CT molecular complexity index is 986. The molecule has 0 aliphatic carbocycles. The average molecular weight is 357 g/mol. The number of aromatic nitrogens is 4. The van der Waals surface area contributed by atoms with Crippen LogP contribution in [0.5, 0.6) is 0 Å². The molecule has 3 aromatic rings. The Kier molecular flexibility index (Phi) is 3.84. The molecule has 0 saturated carbocycles.